The molecule has 8 nitrogen and oxygen atoms in total. The number of carbonyl (C=O) groups is 1. The maximum atomic E-state index is 13.6. The lowest BCUT2D eigenvalue weighted by Crippen LogP contribution is -2.53. The van der Waals surface area contributed by atoms with Crippen LogP contribution in [0.4, 0.5) is 5.69 Å². The molecule has 1 saturated heterocycles. The van der Waals surface area contributed by atoms with E-state index in [2.05, 4.69) is 0 Å². The molecular weight excluding hydrogens is 546 g/mol. The summed E-state index contributed by atoms with van der Waals surface area (Å²) in [6.07, 6.45) is 0. The minimum Gasteiger partial charge on any atom is -0.338 e. The van der Waals surface area contributed by atoms with Crippen LogP contribution in [0.2, 0.25) is 5.02 Å². The predicted octanol–water partition coefficient (Wildman–Crippen LogP) is 3.99. The van der Waals surface area contributed by atoms with Crippen molar-refractivity contribution in [2.75, 3.05) is 37.0 Å². The van der Waals surface area contributed by atoms with Crippen molar-refractivity contribution in [2.24, 2.45) is 0 Å². The van der Waals surface area contributed by atoms with Crippen LogP contribution in [0.15, 0.2) is 76.5 Å². The van der Waals surface area contributed by atoms with E-state index in [1.807, 2.05) is 26.8 Å². The van der Waals surface area contributed by atoms with Gasteiger partial charge in [-0.15, -0.1) is 0 Å². The number of nitrogens with zero attached hydrogens (tertiary/aromatic N) is 3. The number of hydrogen-bond acceptors (Lipinski definition) is 5. The van der Waals surface area contributed by atoms with E-state index in [1.54, 1.807) is 36.4 Å². The van der Waals surface area contributed by atoms with Crippen LogP contribution in [0.3, 0.4) is 0 Å². The quantitative estimate of drug-likeness (QED) is 0.424. The van der Waals surface area contributed by atoms with E-state index in [1.165, 1.54) is 33.5 Å². The van der Waals surface area contributed by atoms with E-state index in [4.69, 9.17) is 11.6 Å². The lowest BCUT2D eigenvalue weighted by molar-refractivity contribution is -0.130. The van der Waals surface area contributed by atoms with Crippen LogP contribution >= 0.6 is 11.6 Å². The largest absolute Gasteiger partial charge is 0.338 e. The van der Waals surface area contributed by atoms with E-state index in [-0.39, 0.29) is 36.0 Å². The molecule has 0 unspecified atom stereocenters. The molecule has 3 aromatic rings. The van der Waals surface area contributed by atoms with Crippen LogP contribution in [0.1, 0.15) is 16.7 Å². The maximum Gasteiger partial charge on any atom is 0.264 e. The zero-order valence-electron chi connectivity index (χ0n) is 21.5. The molecule has 0 aliphatic carbocycles. The average molecular weight is 576 g/mol. The monoisotopic (exact) mass is 575 g/mol. The number of amides is 1. The van der Waals surface area contributed by atoms with Crippen molar-refractivity contribution in [3.8, 4) is 0 Å². The molecule has 0 aromatic heterocycles. The van der Waals surface area contributed by atoms with Crippen molar-refractivity contribution in [2.45, 2.75) is 30.6 Å². The molecule has 1 amide bonds. The SMILES string of the molecule is Cc1ccc(S(=O)(=O)N2CCN(C(=O)CN(c3ccc(C)c(C)c3)S(=O)(=O)c3ccc(Cl)cc3)CC2)cc1. The van der Waals surface area contributed by atoms with Crippen molar-refractivity contribution >= 4 is 43.2 Å². The van der Waals surface area contributed by atoms with Gasteiger partial charge in [0, 0.05) is 31.2 Å². The summed E-state index contributed by atoms with van der Waals surface area (Å²) in [6.45, 7) is 5.82. The fourth-order valence-electron chi connectivity index (χ4n) is 4.19. The van der Waals surface area contributed by atoms with Gasteiger partial charge in [0.25, 0.3) is 10.0 Å². The molecule has 1 fully saturated rings. The van der Waals surface area contributed by atoms with Crippen molar-refractivity contribution in [3.05, 3.63) is 88.4 Å². The second-order valence-electron chi connectivity index (χ2n) is 9.33. The zero-order valence-corrected chi connectivity index (χ0v) is 23.9. The summed E-state index contributed by atoms with van der Waals surface area (Å²) in [5.41, 5.74) is 3.22. The van der Waals surface area contributed by atoms with Crippen molar-refractivity contribution in [3.63, 3.8) is 0 Å². The molecule has 0 spiro atoms. The molecule has 1 heterocycles. The van der Waals surface area contributed by atoms with E-state index in [9.17, 15) is 21.6 Å². The van der Waals surface area contributed by atoms with Crippen molar-refractivity contribution in [1.82, 2.24) is 9.21 Å². The molecule has 3 aromatic carbocycles. The Bertz CT molecular complexity index is 1530. The minimum atomic E-state index is -4.09. The van der Waals surface area contributed by atoms with Crippen LogP contribution in [0, 0.1) is 20.8 Å². The first-order chi connectivity index (χ1) is 17.9. The maximum absolute atomic E-state index is 13.6. The summed E-state index contributed by atoms with van der Waals surface area (Å²) in [6, 6.07) is 17.7. The highest BCUT2D eigenvalue weighted by Gasteiger charge is 2.33. The normalized spacial score (nSPS) is 14.9. The Labute approximate surface area is 229 Å². The molecular formula is C27H30ClN3O5S2. The Morgan fingerprint density at radius 2 is 1.37 bits per heavy atom. The highest BCUT2D eigenvalue weighted by molar-refractivity contribution is 7.92. The number of anilines is 1. The number of hydrogen-bond donors (Lipinski definition) is 0. The number of halogens is 1. The average Bonchev–Trinajstić information content (AvgIpc) is 2.89. The number of carbonyl (C=O) groups excluding carboxylic acids is 1. The van der Waals surface area contributed by atoms with Gasteiger partial charge in [0.15, 0.2) is 0 Å². The topological polar surface area (TPSA) is 95.1 Å². The first-order valence-electron chi connectivity index (χ1n) is 12.1. The number of benzene rings is 3. The van der Waals surface area contributed by atoms with E-state index in [0.29, 0.717) is 10.7 Å². The first kappa shape index (κ1) is 28.1. The summed E-state index contributed by atoms with van der Waals surface area (Å²) < 4.78 is 55.8. The van der Waals surface area contributed by atoms with Gasteiger partial charge in [0.05, 0.1) is 15.5 Å². The highest BCUT2D eigenvalue weighted by Crippen LogP contribution is 2.27. The van der Waals surface area contributed by atoms with E-state index >= 15 is 0 Å². The van der Waals surface area contributed by atoms with E-state index in [0.717, 1.165) is 21.0 Å². The molecule has 1 aliphatic rings. The number of aryl methyl sites for hydroxylation is 3. The lowest BCUT2D eigenvalue weighted by Gasteiger charge is -2.35. The van der Waals surface area contributed by atoms with Gasteiger partial charge in [0.1, 0.15) is 6.54 Å². The smallest absolute Gasteiger partial charge is 0.264 e. The van der Waals surface area contributed by atoms with Crippen molar-refractivity contribution < 1.29 is 21.6 Å². The second kappa shape index (κ2) is 11.1. The Morgan fingerprint density at radius 1 is 0.789 bits per heavy atom. The van der Waals surface area contributed by atoms with Gasteiger partial charge < -0.3 is 4.90 Å². The van der Waals surface area contributed by atoms with Crippen LogP contribution in [0.5, 0.6) is 0 Å². The highest BCUT2D eigenvalue weighted by atomic mass is 35.5. The molecule has 0 saturated carbocycles. The van der Waals surface area contributed by atoms with Gasteiger partial charge in [-0.2, -0.15) is 4.31 Å². The molecule has 202 valence electrons. The summed E-state index contributed by atoms with van der Waals surface area (Å²) >= 11 is 5.96. The number of sulfonamides is 2. The molecule has 38 heavy (non-hydrogen) atoms. The third-order valence-electron chi connectivity index (χ3n) is 6.71. The molecule has 11 heteroatoms. The van der Waals surface area contributed by atoms with Gasteiger partial charge in [-0.3, -0.25) is 9.10 Å². The zero-order chi connectivity index (χ0) is 27.7. The third kappa shape index (κ3) is 5.88. The van der Waals surface area contributed by atoms with Crippen molar-refractivity contribution in [1.29, 1.82) is 0 Å². The molecule has 0 radical (unpaired) electrons. The van der Waals surface area contributed by atoms with Gasteiger partial charge in [-0.05, 0) is 80.4 Å². The molecule has 1 aliphatic heterocycles. The summed E-state index contributed by atoms with van der Waals surface area (Å²) in [5, 5.41) is 0.399. The Morgan fingerprint density at radius 3 is 1.95 bits per heavy atom. The Balaban J connectivity index is 1.54. The molecule has 0 N–H and O–H groups in total. The standard InChI is InChI=1S/C27H30ClN3O5S2/c1-20-4-10-25(11-5-20)37(33,34)30-16-14-29(15-17-30)27(32)19-31(24-9-6-21(2)22(3)18-24)38(35,36)26-12-7-23(28)8-13-26/h4-13,18H,14-17,19H2,1-3H3. The van der Waals surface area contributed by atoms with E-state index < -0.39 is 32.5 Å². The van der Waals surface area contributed by atoms with Crippen LogP contribution in [-0.4, -0.2) is 64.7 Å². The molecule has 0 atom stereocenters. The lowest BCUT2D eigenvalue weighted by atomic mass is 10.1. The number of piperazine rings is 1. The molecule has 4 rings (SSSR count). The van der Waals surface area contributed by atoms with Gasteiger partial charge in [-0.25, -0.2) is 16.8 Å². The summed E-state index contributed by atoms with van der Waals surface area (Å²) in [4.78, 5) is 15.1. The van der Waals surface area contributed by atoms with Gasteiger partial charge in [-0.1, -0.05) is 35.4 Å². The van der Waals surface area contributed by atoms with Gasteiger partial charge >= 0.3 is 0 Å². The minimum absolute atomic E-state index is 0.0157. The van der Waals surface area contributed by atoms with Gasteiger partial charge in [0.2, 0.25) is 15.9 Å². The first-order valence-corrected chi connectivity index (χ1v) is 15.4. The fourth-order valence-corrected chi connectivity index (χ4v) is 7.14. The van der Waals surface area contributed by atoms with Crippen LogP contribution in [-0.2, 0) is 24.8 Å². The Kier molecular flexibility index (Phi) is 8.17. The summed E-state index contributed by atoms with van der Waals surface area (Å²) in [5.74, 6) is -0.409. The van der Waals surface area contributed by atoms with Crippen LogP contribution in [0.25, 0.3) is 0 Å². The fraction of sp³-hybridized carbons (Fsp3) is 0.296. The third-order valence-corrected chi connectivity index (χ3v) is 10.7. The van der Waals surface area contributed by atoms with Crippen LogP contribution < -0.4 is 4.31 Å². The Hall–Kier alpha value is -2.92. The predicted molar refractivity (Wildman–Crippen MR) is 148 cm³/mol. The summed E-state index contributed by atoms with van der Waals surface area (Å²) in [7, 11) is -7.77. The molecule has 0 bridgehead atoms. The second-order valence-corrected chi connectivity index (χ2v) is 13.6. The number of rotatable bonds is 7.